The smallest absolute Gasteiger partial charge is 0.243 e. The number of nitrogens with zero attached hydrogens (tertiary/aromatic N) is 1. The van der Waals surface area contributed by atoms with Gasteiger partial charge >= 0.3 is 0 Å². The normalized spacial score (nSPS) is 13.8. The molecular formula is C37H55N3O5. The van der Waals surface area contributed by atoms with Gasteiger partial charge in [0.25, 0.3) is 0 Å². The van der Waals surface area contributed by atoms with Crippen molar-refractivity contribution in [3.63, 3.8) is 0 Å². The zero-order chi connectivity index (χ0) is 33.0. The molecule has 2 aromatic rings. The van der Waals surface area contributed by atoms with E-state index in [2.05, 4.69) is 37.6 Å². The van der Waals surface area contributed by atoms with Crippen molar-refractivity contribution in [2.24, 2.45) is 5.92 Å². The van der Waals surface area contributed by atoms with E-state index in [1.807, 2.05) is 54.6 Å². The van der Waals surface area contributed by atoms with Gasteiger partial charge in [-0.1, -0.05) is 81.3 Å². The van der Waals surface area contributed by atoms with E-state index in [1.54, 1.807) is 31.2 Å². The monoisotopic (exact) mass is 621 g/mol. The van der Waals surface area contributed by atoms with Crippen molar-refractivity contribution >= 4 is 11.8 Å². The minimum absolute atomic E-state index is 0.0256. The van der Waals surface area contributed by atoms with Crippen LogP contribution < -0.4 is 15.4 Å². The van der Waals surface area contributed by atoms with Crippen molar-refractivity contribution in [2.45, 2.75) is 83.0 Å². The third-order valence-corrected chi connectivity index (χ3v) is 8.08. The second-order valence-electron chi connectivity index (χ2n) is 11.5. The summed E-state index contributed by atoms with van der Waals surface area (Å²) in [5, 5.41) is 18.2. The highest BCUT2D eigenvalue weighted by atomic mass is 16.5. The van der Waals surface area contributed by atoms with Gasteiger partial charge in [-0.05, 0) is 55.4 Å². The van der Waals surface area contributed by atoms with Crippen molar-refractivity contribution < 1.29 is 24.2 Å². The van der Waals surface area contributed by atoms with Crippen LogP contribution >= 0.6 is 0 Å². The minimum atomic E-state index is -0.922. The highest BCUT2D eigenvalue weighted by molar-refractivity contribution is 5.88. The highest BCUT2D eigenvalue weighted by Gasteiger charge is 2.32. The Morgan fingerprint density at radius 2 is 1.71 bits per heavy atom. The first kappa shape index (κ1) is 37.7. The summed E-state index contributed by atoms with van der Waals surface area (Å²) in [5.74, 6) is 0.291. The van der Waals surface area contributed by atoms with Crippen LogP contribution in [0.15, 0.2) is 79.9 Å². The third kappa shape index (κ3) is 12.8. The SMILES string of the molecule is C=CCOCCC(NC[C@H](O)[C@H](Cc1ccccc1)NC(=O)[C@H](CC=C)N(C)C(=O)C(CCC)CCC)c1cccc(OC)c1. The van der Waals surface area contributed by atoms with Crippen LogP contribution in [0, 0.1) is 5.92 Å². The molecule has 45 heavy (non-hydrogen) atoms. The first-order chi connectivity index (χ1) is 21.8. The van der Waals surface area contributed by atoms with Crippen LogP contribution in [0.25, 0.3) is 0 Å². The standard InChI is InChI=1S/C37H55N3O5/c1-7-15-29(16-8-2)37(43)40(5)34(17-9-3)36(42)39-33(25-28-18-12-11-13-19-28)35(41)27-38-32(22-24-45-23-10-4)30-20-14-21-31(26-30)44-6/h9-14,18-21,26,29,32-35,38,41H,3-4,7-8,15-17,22-25,27H2,1-2,5-6H3,(H,39,42)/t32?,33-,34-,35-/m0/s1. The van der Waals surface area contributed by atoms with Crippen molar-refractivity contribution in [1.29, 1.82) is 0 Å². The highest BCUT2D eigenvalue weighted by Crippen LogP contribution is 2.23. The Morgan fingerprint density at radius 1 is 1.00 bits per heavy atom. The first-order valence-corrected chi connectivity index (χ1v) is 16.2. The summed E-state index contributed by atoms with van der Waals surface area (Å²) in [7, 11) is 3.33. The summed E-state index contributed by atoms with van der Waals surface area (Å²) in [6.07, 6.45) is 7.23. The number of carbonyl (C=O) groups is 2. The number of amides is 2. The lowest BCUT2D eigenvalue weighted by atomic mass is 9.95. The van der Waals surface area contributed by atoms with E-state index >= 15 is 0 Å². The van der Waals surface area contributed by atoms with Crippen LogP contribution in [0.4, 0.5) is 0 Å². The van der Waals surface area contributed by atoms with E-state index in [1.165, 1.54) is 0 Å². The van der Waals surface area contributed by atoms with E-state index in [9.17, 15) is 14.7 Å². The Bertz CT molecular complexity index is 1150. The van der Waals surface area contributed by atoms with Gasteiger partial charge in [0, 0.05) is 32.2 Å². The van der Waals surface area contributed by atoms with Crippen LogP contribution in [0.3, 0.4) is 0 Å². The summed E-state index contributed by atoms with van der Waals surface area (Å²) >= 11 is 0. The number of ether oxygens (including phenoxy) is 2. The van der Waals surface area contributed by atoms with Gasteiger partial charge in [-0.3, -0.25) is 9.59 Å². The summed E-state index contributed by atoms with van der Waals surface area (Å²) in [6, 6.07) is 16.1. The fraction of sp³-hybridized carbons (Fsp3) is 0.514. The van der Waals surface area contributed by atoms with Gasteiger partial charge < -0.3 is 30.1 Å². The molecule has 0 radical (unpaired) electrons. The fourth-order valence-electron chi connectivity index (χ4n) is 5.58. The maximum absolute atomic E-state index is 13.8. The zero-order valence-corrected chi connectivity index (χ0v) is 27.8. The van der Waals surface area contributed by atoms with Crippen molar-refractivity contribution in [3.8, 4) is 5.75 Å². The van der Waals surface area contributed by atoms with Gasteiger partial charge in [0.1, 0.15) is 11.8 Å². The van der Waals surface area contributed by atoms with E-state index in [-0.39, 0.29) is 30.3 Å². The topological polar surface area (TPSA) is 100 Å². The summed E-state index contributed by atoms with van der Waals surface area (Å²) < 4.78 is 11.1. The van der Waals surface area contributed by atoms with E-state index in [0.717, 1.165) is 42.6 Å². The lowest BCUT2D eigenvalue weighted by molar-refractivity contribution is -0.142. The molecular weight excluding hydrogens is 566 g/mol. The second-order valence-corrected chi connectivity index (χ2v) is 11.5. The predicted molar refractivity (Wildman–Crippen MR) is 182 cm³/mol. The van der Waals surface area contributed by atoms with Crippen LogP contribution in [0.5, 0.6) is 5.75 Å². The van der Waals surface area contributed by atoms with Crippen LogP contribution in [-0.2, 0) is 20.7 Å². The molecule has 248 valence electrons. The lowest BCUT2D eigenvalue weighted by Gasteiger charge is -2.33. The number of methoxy groups -OCH3 is 1. The molecule has 0 fully saturated rings. The molecule has 8 heteroatoms. The molecule has 2 amide bonds. The minimum Gasteiger partial charge on any atom is -0.497 e. The molecule has 2 aromatic carbocycles. The zero-order valence-electron chi connectivity index (χ0n) is 27.8. The number of hydrogen-bond acceptors (Lipinski definition) is 6. The second kappa shape index (κ2) is 21.3. The number of carbonyl (C=O) groups excluding carboxylic acids is 2. The fourth-order valence-corrected chi connectivity index (χ4v) is 5.58. The van der Waals surface area contributed by atoms with Gasteiger partial charge in [-0.2, -0.15) is 0 Å². The number of benzene rings is 2. The molecule has 0 aliphatic carbocycles. The third-order valence-electron chi connectivity index (χ3n) is 8.08. The van der Waals surface area contributed by atoms with E-state index in [0.29, 0.717) is 32.5 Å². The number of nitrogens with one attached hydrogen (secondary N) is 2. The predicted octanol–water partition coefficient (Wildman–Crippen LogP) is 5.63. The number of rotatable bonds is 23. The molecule has 3 N–H and O–H groups in total. The molecule has 2 rings (SSSR count). The van der Waals surface area contributed by atoms with E-state index in [4.69, 9.17) is 9.47 Å². The van der Waals surface area contributed by atoms with Crippen LogP contribution in [0.2, 0.25) is 0 Å². The Kier molecular flexibility index (Phi) is 17.9. The van der Waals surface area contributed by atoms with Crippen LogP contribution in [0.1, 0.15) is 69.5 Å². The molecule has 1 unspecified atom stereocenters. The molecule has 0 heterocycles. The maximum atomic E-state index is 13.8. The average Bonchev–Trinajstić information content (AvgIpc) is 3.06. The largest absolute Gasteiger partial charge is 0.497 e. The Labute approximate surface area is 270 Å². The Balaban J connectivity index is 2.27. The van der Waals surface area contributed by atoms with Crippen molar-refractivity contribution in [3.05, 3.63) is 91.0 Å². The number of aliphatic hydroxyl groups excluding tert-OH is 1. The van der Waals surface area contributed by atoms with Gasteiger partial charge in [-0.15, -0.1) is 13.2 Å². The average molecular weight is 622 g/mol. The number of aliphatic hydroxyl groups is 1. The molecule has 0 saturated heterocycles. The molecule has 0 aliphatic rings. The van der Waals surface area contributed by atoms with Gasteiger partial charge in [0.15, 0.2) is 0 Å². The molecule has 0 aromatic heterocycles. The van der Waals surface area contributed by atoms with Gasteiger partial charge in [0.2, 0.25) is 11.8 Å². The van der Waals surface area contributed by atoms with Crippen LogP contribution in [-0.4, -0.2) is 73.9 Å². The molecule has 0 spiro atoms. The quantitative estimate of drug-likeness (QED) is 0.110. The number of hydrogen-bond donors (Lipinski definition) is 3. The summed E-state index contributed by atoms with van der Waals surface area (Å²) in [4.78, 5) is 28.9. The molecule has 0 bridgehead atoms. The van der Waals surface area contributed by atoms with Gasteiger partial charge in [0.05, 0.1) is 25.9 Å². The molecule has 8 nitrogen and oxygen atoms in total. The first-order valence-electron chi connectivity index (χ1n) is 16.2. The summed E-state index contributed by atoms with van der Waals surface area (Å²) in [6.45, 7) is 12.9. The lowest BCUT2D eigenvalue weighted by Crippen LogP contribution is -2.55. The molecule has 4 atom stereocenters. The Morgan fingerprint density at radius 3 is 2.33 bits per heavy atom. The van der Waals surface area contributed by atoms with Gasteiger partial charge in [-0.25, -0.2) is 0 Å². The summed E-state index contributed by atoms with van der Waals surface area (Å²) in [5.41, 5.74) is 1.99. The maximum Gasteiger partial charge on any atom is 0.243 e. The molecule has 0 aliphatic heterocycles. The van der Waals surface area contributed by atoms with Crippen molar-refractivity contribution in [2.75, 3.05) is 33.9 Å². The Hall–Kier alpha value is -3.46. The molecule has 0 saturated carbocycles. The van der Waals surface area contributed by atoms with E-state index < -0.39 is 18.2 Å². The number of likely N-dealkylation sites (N-methyl/N-ethyl adjacent to an activating group) is 1. The van der Waals surface area contributed by atoms with Crippen molar-refractivity contribution in [1.82, 2.24) is 15.5 Å².